The Bertz CT molecular complexity index is 995. The lowest BCUT2D eigenvalue weighted by molar-refractivity contribution is -0.166. The second kappa shape index (κ2) is 8.02. The summed E-state index contributed by atoms with van der Waals surface area (Å²) in [6.45, 7) is 12.1. The average Bonchev–Trinajstić information content (AvgIpc) is 2.92. The number of rotatable bonds is 5. The van der Waals surface area contributed by atoms with Gasteiger partial charge in [0.1, 0.15) is 0 Å². The fourth-order valence-corrected chi connectivity index (χ4v) is 4.56. The van der Waals surface area contributed by atoms with Crippen LogP contribution in [0.1, 0.15) is 49.1 Å². The minimum atomic E-state index is -0.779. The number of carbonyl (C=O) groups is 1. The van der Waals surface area contributed by atoms with E-state index in [-0.39, 0.29) is 5.97 Å². The van der Waals surface area contributed by atoms with Gasteiger partial charge >= 0.3 is 5.97 Å². The first-order chi connectivity index (χ1) is 13.2. The normalized spacial score (nSPS) is 12.9. The van der Waals surface area contributed by atoms with Gasteiger partial charge < -0.3 is 9.47 Å². The Morgan fingerprint density at radius 1 is 1.14 bits per heavy atom. The predicted octanol–water partition coefficient (Wildman–Crippen LogP) is 6.00. The van der Waals surface area contributed by atoms with E-state index in [2.05, 4.69) is 24.0 Å². The topological polar surface area (TPSA) is 48.4 Å². The first-order valence-electron chi connectivity index (χ1n) is 9.50. The zero-order chi connectivity index (χ0) is 20.5. The van der Waals surface area contributed by atoms with E-state index >= 15 is 0 Å². The fraction of sp³-hybridized carbons (Fsp3) is 0.391. The molecule has 1 atom stereocenters. The standard InChI is InChI=1S/C23H27NO3S/c1-7-26-22(25)21(27-23(4,5)6)20-15(3)28-14(2)19(20)18-13-24-12-16-10-8-9-11-17(16)18/h8-13,21H,7H2,1-6H3. The van der Waals surface area contributed by atoms with Gasteiger partial charge in [0.05, 0.1) is 12.2 Å². The summed E-state index contributed by atoms with van der Waals surface area (Å²) in [5.74, 6) is -0.354. The molecule has 0 radical (unpaired) electrons. The van der Waals surface area contributed by atoms with Crippen molar-refractivity contribution in [2.75, 3.05) is 6.61 Å². The van der Waals surface area contributed by atoms with Gasteiger partial charge in [-0.15, -0.1) is 11.3 Å². The highest BCUT2D eigenvalue weighted by molar-refractivity contribution is 7.12. The number of benzene rings is 1. The summed E-state index contributed by atoms with van der Waals surface area (Å²) >= 11 is 1.67. The van der Waals surface area contributed by atoms with Gasteiger partial charge in [-0.1, -0.05) is 24.3 Å². The van der Waals surface area contributed by atoms with Crippen LogP contribution < -0.4 is 0 Å². The molecule has 0 amide bonds. The van der Waals surface area contributed by atoms with Crippen molar-refractivity contribution in [1.82, 2.24) is 4.98 Å². The minimum Gasteiger partial charge on any atom is -0.464 e. The number of aromatic nitrogens is 1. The largest absolute Gasteiger partial charge is 0.464 e. The van der Waals surface area contributed by atoms with E-state index < -0.39 is 11.7 Å². The highest BCUT2D eigenvalue weighted by atomic mass is 32.1. The molecule has 2 aromatic heterocycles. The van der Waals surface area contributed by atoms with Crippen LogP contribution in [0, 0.1) is 13.8 Å². The second-order valence-corrected chi connectivity index (χ2v) is 9.20. The summed E-state index contributed by atoms with van der Waals surface area (Å²) in [5.41, 5.74) is 2.43. The number of esters is 1. The van der Waals surface area contributed by atoms with Gasteiger partial charge in [-0.05, 0) is 46.9 Å². The Morgan fingerprint density at radius 3 is 2.54 bits per heavy atom. The molecule has 5 heteroatoms. The Kier molecular flexibility index (Phi) is 5.87. The number of nitrogens with zero attached hydrogens (tertiary/aromatic N) is 1. The SMILES string of the molecule is CCOC(=O)C(OC(C)(C)C)c1c(C)sc(C)c1-c1cncc2ccccc12. The molecule has 0 aliphatic heterocycles. The van der Waals surface area contributed by atoms with Crippen molar-refractivity contribution in [3.63, 3.8) is 0 Å². The molecule has 3 aromatic rings. The van der Waals surface area contributed by atoms with Crippen LogP contribution in [0.3, 0.4) is 0 Å². The van der Waals surface area contributed by atoms with E-state index in [0.717, 1.165) is 37.2 Å². The number of thiophene rings is 1. The van der Waals surface area contributed by atoms with Crippen LogP contribution in [0.4, 0.5) is 0 Å². The lowest BCUT2D eigenvalue weighted by Crippen LogP contribution is -2.29. The van der Waals surface area contributed by atoms with Crippen molar-refractivity contribution < 1.29 is 14.3 Å². The van der Waals surface area contributed by atoms with Crippen LogP contribution in [0.15, 0.2) is 36.7 Å². The monoisotopic (exact) mass is 397 g/mol. The van der Waals surface area contributed by atoms with Gasteiger partial charge in [0.15, 0.2) is 6.10 Å². The summed E-state index contributed by atoms with van der Waals surface area (Å²) < 4.78 is 11.6. The molecule has 2 heterocycles. The minimum absolute atomic E-state index is 0.316. The maximum Gasteiger partial charge on any atom is 0.340 e. The van der Waals surface area contributed by atoms with Crippen molar-refractivity contribution in [2.24, 2.45) is 0 Å². The van der Waals surface area contributed by atoms with E-state index in [1.165, 1.54) is 0 Å². The van der Waals surface area contributed by atoms with Gasteiger partial charge in [-0.2, -0.15) is 0 Å². The Hall–Kier alpha value is -2.24. The first-order valence-corrected chi connectivity index (χ1v) is 10.3. The number of hydrogen-bond acceptors (Lipinski definition) is 5. The molecule has 148 valence electrons. The average molecular weight is 398 g/mol. The second-order valence-electron chi connectivity index (χ2n) is 7.77. The van der Waals surface area contributed by atoms with Crippen molar-refractivity contribution in [2.45, 2.75) is 53.2 Å². The molecule has 1 aromatic carbocycles. The first kappa shape index (κ1) is 20.5. The molecule has 4 nitrogen and oxygen atoms in total. The molecule has 0 aliphatic rings. The molecule has 0 aliphatic carbocycles. The van der Waals surface area contributed by atoms with Crippen LogP contribution in [0.2, 0.25) is 0 Å². The molecule has 0 fully saturated rings. The molecule has 0 saturated carbocycles. The summed E-state index contributed by atoms with van der Waals surface area (Å²) in [7, 11) is 0. The summed E-state index contributed by atoms with van der Waals surface area (Å²) in [6, 6.07) is 8.17. The van der Waals surface area contributed by atoms with Gasteiger partial charge in [0, 0.05) is 44.2 Å². The molecule has 0 bridgehead atoms. The van der Waals surface area contributed by atoms with Crippen LogP contribution in [-0.2, 0) is 14.3 Å². The number of pyridine rings is 1. The Morgan fingerprint density at radius 2 is 1.86 bits per heavy atom. The number of ether oxygens (including phenoxy) is 2. The molecular formula is C23H27NO3S. The van der Waals surface area contributed by atoms with E-state index in [9.17, 15) is 4.79 Å². The van der Waals surface area contributed by atoms with Gasteiger partial charge in [-0.25, -0.2) is 4.79 Å². The highest BCUT2D eigenvalue weighted by Gasteiger charge is 2.34. The summed E-state index contributed by atoms with van der Waals surface area (Å²) in [6.07, 6.45) is 2.96. The third-order valence-corrected chi connectivity index (χ3v) is 5.52. The smallest absolute Gasteiger partial charge is 0.340 e. The molecule has 28 heavy (non-hydrogen) atoms. The van der Waals surface area contributed by atoms with Gasteiger partial charge in [-0.3, -0.25) is 4.98 Å². The number of carbonyl (C=O) groups excluding carboxylic acids is 1. The van der Waals surface area contributed by atoms with E-state index in [1.807, 2.05) is 59.1 Å². The lowest BCUT2D eigenvalue weighted by atomic mass is 9.94. The van der Waals surface area contributed by atoms with Crippen LogP contribution in [0.25, 0.3) is 21.9 Å². The van der Waals surface area contributed by atoms with Crippen LogP contribution in [-0.4, -0.2) is 23.2 Å². The Labute approximate surface area is 170 Å². The molecule has 1 unspecified atom stereocenters. The lowest BCUT2D eigenvalue weighted by Gasteiger charge is -2.27. The summed E-state index contributed by atoms with van der Waals surface area (Å²) in [5, 5.41) is 2.18. The van der Waals surface area contributed by atoms with Gasteiger partial charge in [0.2, 0.25) is 0 Å². The zero-order valence-electron chi connectivity index (χ0n) is 17.3. The van der Waals surface area contributed by atoms with E-state index in [0.29, 0.717) is 6.61 Å². The molecule has 0 spiro atoms. The maximum atomic E-state index is 12.9. The van der Waals surface area contributed by atoms with Crippen LogP contribution >= 0.6 is 11.3 Å². The van der Waals surface area contributed by atoms with Crippen LogP contribution in [0.5, 0.6) is 0 Å². The molecule has 0 saturated heterocycles. The third kappa shape index (κ3) is 4.10. The predicted molar refractivity (Wildman–Crippen MR) is 115 cm³/mol. The molecule has 3 rings (SSSR count). The molecule has 0 N–H and O–H groups in total. The highest BCUT2D eigenvalue weighted by Crippen LogP contribution is 2.44. The van der Waals surface area contributed by atoms with Crippen molar-refractivity contribution >= 4 is 28.1 Å². The number of fused-ring (bicyclic) bond motifs is 1. The van der Waals surface area contributed by atoms with Crippen molar-refractivity contribution in [3.05, 3.63) is 52.0 Å². The van der Waals surface area contributed by atoms with E-state index in [1.54, 1.807) is 11.3 Å². The van der Waals surface area contributed by atoms with Gasteiger partial charge in [0.25, 0.3) is 0 Å². The number of aryl methyl sites for hydroxylation is 2. The van der Waals surface area contributed by atoms with Crippen molar-refractivity contribution in [1.29, 1.82) is 0 Å². The molecular weight excluding hydrogens is 370 g/mol. The van der Waals surface area contributed by atoms with E-state index in [4.69, 9.17) is 9.47 Å². The number of hydrogen-bond donors (Lipinski definition) is 0. The fourth-order valence-electron chi connectivity index (χ4n) is 3.46. The summed E-state index contributed by atoms with van der Waals surface area (Å²) in [4.78, 5) is 19.5. The van der Waals surface area contributed by atoms with Crippen molar-refractivity contribution in [3.8, 4) is 11.1 Å². The maximum absolute atomic E-state index is 12.9. The zero-order valence-corrected chi connectivity index (χ0v) is 18.1. The Balaban J connectivity index is 2.25. The quantitative estimate of drug-likeness (QED) is 0.496. The third-order valence-electron chi connectivity index (χ3n) is 4.48.